The van der Waals surface area contributed by atoms with Gasteiger partial charge in [0.15, 0.2) is 0 Å². The van der Waals surface area contributed by atoms with E-state index in [2.05, 4.69) is 47.9 Å². The molecule has 0 bridgehead atoms. The third kappa shape index (κ3) is 4.39. The Morgan fingerprint density at radius 3 is 2.41 bits per heavy atom. The van der Waals surface area contributed by atoms with E-state index in [0.717, 1.165) is 12.0 Å². The smallest absolute Gasteiger partial charge is 0.241 e. The SMILES string of the molecule is CCc1ccc(-c2noc(CN(CC(C)O)C(C)C)n2)cc1. The Balaban J connectivity index is 2.09. The monoisotopic (exact) mass is 303 g/mol. The van der Waals surface area contributed by atoms with Crippen LogP contribution in [0.3, 0.4) is 0 Å². The zero-order valence-electron chi connectivity index (χ0n) is 13.8. The van der Waals surface area contributed by atoms with E-state index < -0.39 is 0 Å². The van der Waals surface area contributed by atoms with Crippen molar-refractivity contribution in [3.63, 3.8) is 0 Å². The summed E-state index contributed by atoms with van der Waals surface area (Å²) in [5.74, 6) is 1.18. The van der Waals surface area contributed by atoms with Crippen molar-refractivity contribution in [3.8, 4) is 11.4 Å². The Bertz CT molecular complexity index is 576. The lowest BCUT2D eigenvalue weighted by atomic mass is 10.1. The molecule has 0 radical (unpaired) electrons. The van der Waals surface area contributed by atoms with Gasteiger partial charge in [-0.3, -0.25) is 4.90 Å². The number of aliphatic hydroxyl groups excluding tert-OH is 1. The average molecular weight is 303 g/mol. The van der Waals surface area contributed by atoms with Gasteiger partial charge in [0.25, 0.3) is 0 Å². The van der Waals surface area contributed by atoms with Crippen LogP contribution < -0.4 is 0 Å². The van der Waals surface area contributed by atoms with Crippen LogP contribution in [0.2, 0.25) is 0 Å². The lowest BCUT2D eigenvalue weighted by molar-refractivity contribution is 0.0943. The van der Waals surface area contributed by atoms with Crippen LogP contribution in [0.25, 0.3) is 11.4 Å². The van der Waals surface area contributed by atoms with E-state index >= 15 is 0 Å². The maximum absolute atomic E-state index is 9.57. The summed E-state index contributed by atoms with van der Waals surface area (Å²) in [6.07, 6.45) is 0.631. The zero-order chi connectivity index (χ0) is 16.1. The summed E-state index contributed by atoms with van der Waals surface area (Å²) in [4.78, 5) is 6.58. The van der Waals surface area contributed by atoms with Gasteiger partial charge in [0.2, 0.25) is 11.7 Å². The molecule has 0 saturated carbocycles. The fourth-order valence-corrected chi connectivity index (χ4v) is 2.30. The highest BCUT2D eigenvalue weighted by Gasteiger charge is 2.17. The molecule has 22 heavy (non-hydrogen) atoms. The number of hydrogen-bond donors (Lipinski definition) is 1. The first-order chi connectivity index (χ1) is 10.5. The van der Waals surface area contributed by atoms with Gasteiger partial charge in [-0.1, -0.05) is 36.3 Å². The van der Waals surface area contributed by atoms with E-state index in [0.29, 0.717) is 30.8 Å². The van der Waals surface area contributed by atoms with Crippen LogP contribution in [0.4, 0.5) is 0 Å². The molecule has 0 fully saturated rings. The second-order valence-corrected chi connectivity index (χ2v) is 5.93. The van der Waals surface area contributed by atoms with Crippen molar-refractivity contribution in [2.24, 2.45) is 0 Å². The first-order valence-corrected chi connectivity index (χ1v) is 7.83. The second kappa shape index (κ2) is 7.51. The highest BCUT2D eigenvalue weighted by atomic mass is 16.5. The summed E-state index contributed by atoms with van der Waals surface area (Å²) in [5, 5.41) is 13.6. The molecule has 1 aromatic heterocycles. The van der Waals surface area contributed by atoms with E-state index in [9.17, 15) is 5.11 Å². The predicted molar refractivity (Wildman–Crippen MR) is 86.3 cm³/mol. The average Bonchev–Trinajstić information content (AvgIpc) is 2.94. The molecule has 1 heterocycles. The number of hydrogen-bond acceptors (Lipinski definition) is 5. The molecule has 5 nitrogen and oxygen atoms in total. The van der Waals surface area contributed by atoms with E-state index in [1.54, 1.807) is 6.92 Å². The molecule has 1 unspecified atom stereocenters. The molecule has 0 aliphatic heterocycles. The van der Waals surface area contributed by atoms with E-state index in [1.165, 1.54) is 5.56 Å². The number of aromatic nitrogens is 2. The molecule has 1 aromatic carbocycles. The van der Waals surface area contributed by atoms with Gasteiger partial charge in [-0.05, 0) is 32.8 Å². The highest BCUT2D eigenvalue weighted by molar-refractivity contribution is 5.54. The van der Waals surface area contributed by atoms with E-state index in [4.69, 9.17) is 4.52 Å². The predicted octanol–water partition coefficient (Wildman–Crippen LogP) is 2.89. The maximum Gasteiger partial charge on any atom is 0.241 e. The maximum atomic E-state index is 9.57. The van der Waals surface area contributed by atoms with Gasteiger partial charge in [-0.25, -0.2) is 0 Å². The molecule has 1 atom stereocenters. The van der Waals surface area contributed by atoms with Crippen molar-refractivity contribution in [2.45, 2.75) is 52.8 Å². The summed E-state index contributed by atoms with van der Waals surface area (Å²) in [6, 6.07) is 8.50. The van der Waals surface area contributed by atoms with Gasteiger partial charge in [-0.2, -0.15) is 4.98 Å². The molecule has 5 heteroatoms. The molecule has 0 saturated heterocycles. The molecule has 1 N–H and O–H groups in total. The van der Waals surface area contributed by atoms with Gasteiger partial charge < -0.3 is 9.63 Å². The van der Waals surface area contributed by atoms with E-state index in [1.807, 2.05) is 12.1 Å². The summed E-state index contributed by atoms with van der Waals surface area (Å²) >= 11 is 0. The van der Waals surface area contributed by atoms with Crippen molar-refractivity contribution in [1.82, 2.24) is 15.0 Å². The Kier molecular flexibility index (Phi) is 5.69. The zero-order valence-corrected chi connectivity index (χ0v) is 13.8. The lowest BCUT2D eigenvalue weighted by Crippen LogP contribution is -2.36. The largest absolute Gasteiger partial charge is 0.392 e. The minimum Gasteiger partial charge on any atom is -0.392 e. The van der Waals surface area contributed by atoms with Crippen molar-refractivity contribution in [3.05, 3.63) is 35.7 Å². The normalized spacial score (nSPS) is 13.0. The molecule has 2 aromatic rings. The summed E-state index contributed by atoms with van der Waals surface area (Å²) in [7, 11) is 0. The van der Waals surface area contributed by atoms with Crippen LogP contribution >= 0.6 is 0 Å². The third-order valence-electron chi connectivity index (χ3n) is 3.66. The molecule has 0 amide bonds. The fourth-order valence-electron chi connectivity index (χ4n) is 2.30. The van der Waals surface area contributed by atoms with Gasteiger partial charge in [-0.15, -0.1) is 0 Å². The van der Waals surface area contributed by atoms with Crippen LogP contribution in [0.5, 0.6) is 0 Å². The first-order valence-electron chi connectivity index (χ1n) is 7.83. The van der Waals surface area contributed by atoms with Crippen LogP contribution in [-0.2, 0) is 13.0 Å². The summed E-state index contributed by atoms with van der Waals surface area (Å²) < 4.78 is 5.35. The fraction of sp³-hybridized carbons (Fsp3) is 0.529. The Morgan fingerprint density at radius 1 is 1.18 bits per heavy atom. The van der Waals surface area contributed by atoms with Crippen LogP contribution in [-0.4, -0.2) is 38.8 Å². The number of rotatable bonds is 7. The minimum absolute atomic E-state index is 0.300. The standard InChI is InChI=1S/C17H25N3O2/c1-5-14-6-8-15(9-7-14)17-18-16(22-19-17)11-20(12(2)3)10-13(4)21/h6-9,12-13,21H,5,10-11H2,1-4H3. The Morgan fingerprint density at radius 2 is 1.86 bits per heavy atom. The van der Waals surface area contributed by atoms with Gasteiger partial charge in [0.05, 0.1) is 12.6 Å². The molecule has 0 aliphatic rings. The lowest BCUT2D eigenvalue weighted by Gasteiger charge is -2.25. The summed E-state index contributed by atoms with van der Waals surface area (Å²) in [6.45, 7) is 9.21. The third-order valence-corrected chi connectivity index (χ3v) is 3.66. The van der Waals surface area contributed by atoms with E-state index in [-0.39, 0.29) is 6.10 Å². The van der Waals surface area contributed by atoms with Crippen LogP contribution in [0.15, 0.2) is 28.8 Å². The number of benzene rings is 1. The van der Waals surface area contributed by atoms with Crippen molar-refractivity contribution in [1.29, 1.82) is 0 Å². The van der Waals surface area contributed by atoms with Gasteiger partial charge >= 0.3 is 0 Å². The molecule has 0 spiro atoms. The quantitative estimate of drug-likeness (QED) is 0.852. The van der Waals surface area contributed by atoms with Gasteiger partial charge in [0, 0.05) is 18.2 Å². The second-order valence-electron chi connectivity index (χ2n) is 5.93. The first kappa shape index (κ1) is 16.6. The number of aryl methyl sites for hydroxylation is 1. The topological polar surface area (TPSA) is 62.4 Å². The minimum atomic E-state index is -0.383. The molecular weight excluding hydrogens is 278 g/mol. The van der Waals surface area contributed by atoms with Crippen molar-refractivity contribution in [2.75, 3.05) is 6.54 Å². The number of aliphatic hydroxyl groups is 1. The molecule has 2 rings (SSSR count). The summed E-state index contributed by atoms with van der Waals surface area (Å²) in [5.41, 5.74) is 2.24. The van der Waals surface area contributed by atoms with Crippen molar-refractivity contribution >= 4 is 0 Å². The van der Waals surface area contributed by atoms with Gasteiger partial charge in [0.1, 0.15) is 0 Å². The Hall–Kier alpha value is -1.72. The number of nitrogens with zero attached hydrogens (tertiary/aromatic N) is 3. The molecular formula is C17H25N3O2. The molecule has 0 aliphatic carbocycles. The van der Waals surface area contributed by atoms with Crippen LogP contribution in [0.1, 0.15) is 39.1 Å². The van der Waals surface area contributed by atoms with Crippen molar-refractivity contribution < 1.29 is 9.63 Å². The van der Waals surface area contributed by atoms with Crippen LogP contribution in [0, 0.1) is 0 Å². The molecule has 120 valence electrons. The highest BCUT2D eigenvalue weighted by Crippen LogP contribution is 2.18. The Labute approximate surface area is 132 Å².